The van der Waals surface area contributed by atoms with Gasteiger partial charge < -0.3 is 9.42 Å². The number of piperidine rings is 1. The van der Waals surface area contributed by atoms with Gasteiger partial charge in [0.1, 0.15) is 0 Å². The van der Waals surface area contributed by atoms with E-state index in [4.69, 9.17) is 4.52 Å². The van der Waals surface area contributed by atoms with Crippen molar-refractivity contribution in [3.8, 4) is 0 Å². The Bertz CT molecular complexity index is 998. The lowest BCUT2D eigenvalue weighted by Gasteiger charge is -2.32. The van der Waals surface area contributed by atoms with E-state index in [0.717, 1.165) is 35.9 Å². The Morgan fingerprint density at radius 3 is 2.69 bits per heavy atom. The largest absolute Gasteiger partial charge is 0.416 e. The van der Waals surface area contributed by atoms with E-state index >= 15 is 0 Å². The number of likely N-dealkylation sites (tertiary alicyclic amines) is 1. The van der Waals surface area contributed by atoms with Crippen molar-refractivity contribution in [1.29, 1.82) is 0 Å². The first-order valence-corrected chi connectivity index (χ1v) is 9.46. The van der Waals surface area contributed by atoms with Gasteiger partial charge in [-0.15, -0.1) is 0 Å². The Morgan fingerprint density at radius 2 is 1.93 bits per heavy atom. The van der Waals surface area contributed by atoms with Crippen LogP contribution in [-0.2, 0) is 12.6 Å². The quantitative estimate of drug-likeness (QED) is 0.643. The number of urea groups is 1. The van der Waals surface area contributed by atoms with Crippen LogP contribution in [0.4, 0.5) is 23.8 Å². The molecule has 1 unspecified atom stereocenters. The molecule has 0 spiro atoms. The number of hydrogen-bond acceptors (Lipinski definition) is 3. The summed E-state index contributed by atoms with van der Waals surface area (Å²) in [6.07, 6.45) is -1.92. The Kier molecular flexibility index (Phi) is 5.17. The molecule has 2 amide bonds. The highest BCUT2D eigenvalue weighted by Crippen LogP contribution is 2.30. The van der Waals surface area contributed by atoms with Crippen LogP contribution in [0, 0.1) is 5.92 Å². The van der Waals surface area contributed by atoms with Gasteiger partial charge in [-0.25, -0.2) is 4.79 Å². The van der Waals surface area contributed by atoms with E-state index in [0.29, 0.717) is 30.9 Å². The van der Waals surface area contributed by atoms with Crippen LogP contribution < -0.4 is 5.32 Å². The molecule has 1 aliphatic heterocycles. The zero-order valence-electron chi connectivity index (χ0n) is 15.6. The minimum Gasteiger partial charge on any atom is -0.354 e. The molecule has 8 heteroatoms. The first kappa shape index (κ1) is 19.3. The van der Waals surface area contributed by atoms with E-state index in [1.165, 1.54) is 12.1 Å². The maximum atomic E-state index is 12.7. The second kappa shape index (κ2) is 7.77. The number of amides is 2. The van der Waals surface area contributed by atoms with Crippen molar-refractivity contribution in [3.05, 3.63) is 59.7 Å². The van der Waals surface area contributed by atoms with Gasteiger partial charge in [0.2, 0.25) is 0 Å². The lowest BCUT2D eigenvalue weighted by molar-refractivity contribution is -0.137. The van der Waals surface area contributed by atoms with Crippen molar-refractivity contribution in [2.45, 2.75) is 25.4 Å². The summed E-state index contributed by atoms with van der Waals surface area (Å²) in [7, 11) is 0. The van der Waals surface area contributed by atoms with Gasteiger partial charge in [0.25, 0.3) is 0 Å². The van der Waals surface area contributed by atoms with E-state index < -0.39 is 11.7 Å². The highest BCUT2D eigenvalue weighted by atomic mass is 19.4. The van der Waals surface area contributed by atoms with Gasteiger partial charge in [0, 0.05) is 13.1 Å². The maximum Gasteiger partial charge on any atom is 0.416 e. The maximum absolute atomic E-state index is 12.7. The molecular formula is C21H20F3N3O2. The lowest BCUT2D eigenvalue weighted by atomic mass is 9.91. The van der Waals surface area contributed by atoms with Crippen LogP contribution in [0.15, 0.2) is 53.1 Å². The fourth-order valence-corrected chi connectivity index (χ4v) is 3.74. The zero-order chi connectivity index (χ0) is 20.4. The number of hydrogen-bond donors (Lipinski definition) is 1. The molecule has 0 saturated carbocycles. The molecule has 0 bridgehead atoms. The molecule has 1 aliphatic rings. The molecule has 4 rings (SSSR count). The average Bonchev–Trinajstić information content (AvgIpc) is 3.11. The van der Waals surface area contributed by atoms with E-state index in [2.05, 4.69) is 10.5 Å². The molecule has 3 aromatic rings. The number of nitrogens with zero attached hydrogens (tertiary/aromatic N) is 2. The number of fused-ring (bicyclic) bond motifs is 1. The summed E-state index contributed by atoms with van der Waals surface area (Å²) in [6.45, 7) is 1.17. The van der Waals surface area contributed by atoms with E-state index in [1.54, 1.807) is 11.0 Å². The number of para-hydroxylation sites is 1. The highest BCUT2D eigenvalue weighted by molar-refractivity contribution is 5.98. The highest BCUT2D eigenvalue weighted by Gasteiger charge is 2.30. The lowest BCUT2D eigenvalue weighted by Crippen LogP contribution is -2.42. The number of alkyl halides is 3. The smallest absolute Gasteiger partial charge is 0.354 e. The van der Waals surface area contributed by atoms with E-state index in [9.17, 15) is 18.0 Å². The number of aromatic nitrogens is 1. The van der Waals surface area contributed by atoms with Gasteiger partial charge in [-0.05, 0) is 55.0 Å². The fraction of sp³-hybridized carbons (Fsp3) is 0.333. The topological polar surface area (TPSA) is 58.4 Å². The molecule has 152 valence electrons. The molecule has 1 aromatic heterocycles. The van der Waals surface area contributed by atoms with Crippen molar-refractivity contribution in [2.24, 2.45) is 5.92 Å². The first-order valence-electron chi connectivity index (χ1n) is 9.46. The molecule has 29 heavy (non-hydrogen) atoms. The number of anilines is 1. The average molecular weight is 403 g/mol. The predicted molar refractivity (Wildman–Crippen MR) is 102 cm³/mol. The number of rotatable bonds is 3. The summed E-state index contributed by atoms with van der Waals surface area (Å²) < 4.78 is 43.3. The van der Waals surface area contributed by atoms with Crippen molar-refractivity contribution in [2.75, 3.05) is 18.4 Å². The number of benzene rings is 2. The van der Waals surface area contributed by atoms with Gasteiger partial charge in [-0.3, -0.25) is 5.32 Å². The first-order chi connectivity index (χ1) is 13.9. The van der Waals surface area contributed by atoms with Gasteiger partial charge in [0.05, 0.1) is 10.9 Å². The summed E-state index contributed by atoms with van der Waals surface area (Å²) >= 11 is 0. The van der Waals surface area contributed by atoms with Crippen molar-refractivity contribution < 1.29 is 22.5 Å². The summed E-state index contributed by atoms with van der Waals surface area (Å²) in [5.41, 5.74) is 0.792. The van der Waals surface area contributed by atoms with Crippen LogP contribution in [0.2, 0.25) is 0 Å². The van der Waals surface area contributed by atoms with Crippen LogP contribution in [0.25, 0.3) is 11.0 Å². The van der Waals surface area contributed by atoms with Gasteiger partial charge in [0.15, 0.2) is 11.4 Å². The summed E-state index contributed by atoms with van der Waals surface area (Å²) in [5, 5.41) is 7.46. The number of carbonyl (C=O) groups excluding carboxylic acids is 1. The van der Waals surface area contributed by atoms with Crippen LogP contribution in [0.1, 0.15) is 24.0 Å². The van der Waals surface area contributed by atoms with Gasteiger partial charge in [-0.2, -0.15) is 13.2 Å². The third-order valence-corrected chi connectivity index (χ3v) is 5.21. The fourth-order valence-electron chi connectivity index (χ4n) is 3.74. The predicted octanol–water partition coefficient (Wildman–Crippen LogP) is 5.33. The SMILES string of the molecule is O=C(Nc1noc2ccccc12)N1CCCC(Cc2ccc(C(F)(F)F)cc2)C1. The molecule has 2 aromatic carbocycles. The Labute approximate surface area is 165 Å². The molecule has 1 atom stereocenters. The Morgan fingerprint density at radius 1 is 1.17 bits per heavy atom. The van der Waals surface area contributed by atoms with Crippen LogP contribution in [-0.4, -0.2) is 29.2 Å². The van der Waals surface area contributed by atoms with Crippen molar-refractivity contribution >= 4 is 22.8 Å². The molecule has 1 N–H and O–H groups in total. The van der Waals surface area contributed by atoms with Crippen molar-refractivity contribution in [1.82, 2.24) is 10.1 Å². The minimum absolute atomic E-state index is 0.195. The number of carbonyl (C=O) groups is 1. The zero-order valence-corrected chi connectivity index (χ0v) is 15.6. The Hall–Kier alpha value is -3.03. The third-order valence-electron chi connectivity index (χ3n) is 5.21. The molecule has 1 saturated heterocycles. The molecule has 0 aliphatic carbocycles. The second-order valence-corrected chi connectivity index (χ2v) is 7.31. The van der Waals surface area contributed by atoms with Crippen LogP contribution in [0.3, 0.4) is 0 Å². The summed E-state index contributed by atoms with van der Waals surface area (Å²) in [4.78, 5) is 14.4. The second-order valence-electron chi connectivity index (χ2n) is 7.31. The van der Waals surface area contributed by atoms with Crippen molar-refractivity contribution in [3.63, 3.8) is 0 Å². The molecule has 0 radical (unpaired) electrons. The van der Waals surface area contributed by atoms with Gasteiger partial charge >= 0.3 is 12.2 Å². The number of halogens is 3. The van der Waals surface area contributed by atoms with Crippen LogP contribution >= 0.6 is 0 Å². The Balaban J connectivity index is 1.38. The standard InChI is InChI=1S/C21H20F3N3O2/c22-21(23,24)16-9-7-14(8-10-16)12-15-4-3-11-27(13-15)20(28)25-19-17-5-1-2-6-18(17)29-26-19/h1-2,5-10,15H,3-4,11-13H2,(H,25,26,28). The molecule has 5 nitrogen and oxygen atoms in total. The number of nitrogens with one attached hydrogen (secondary N) is 1. The van der Waals surface area contributed by atoms with E-state index in [-0.39, 0.29) is 11.9 Å². The molecule has 1 fully saturated rings. The third kappa shape index (κ3) is 4.36. The molecular weight excluding hydrogens is 383 g/mol. The molecule has 2 heterocycles. The monoisotopic (exact) mass is 403 g/mol. The van der Waals surface area contributed by atoms with Gasteiger partial charge in [-0.1, -0.05) is 29.4 Å². The summed E-state index contributed by atoms with van der Waals surface area (Å²) in [5.74, 6) is 0.579. The normalized spacial score (nSPS) is 17.5. The summed E-state index contributed by atoms with van der Waals surface area (Å²) in [6, 6.07) is 12.3. The van der Waals surface area contributed by atoms with Crippen LogP contribution in [0.5, 0.6) is 0 Å². The van der Waals surface area contributed by atoms with E-state index in [1.807, 2.05) is 18.2 Å². The minimum atomic E-state index is -4.33.